The van der Waals surface area contributed by atoms with Crippen molar-refractivity contribution in [1.29, 1.82) is 0 Å². The molecule has 0 N–H and O–H groups in total. The first-order valence-electron chi connectivity index (χ1n) is 6.98. The largest absolute Gasteiger partial charge is 0.490 e. The molecular weight excluding hydrogens is 275 g/mol. The average molecular weight is 297 g/mol. The van der Waals surface area contributed by atoms with Gasteiger partial charge in [0.1, 0.15) is 6.73 Å². The zero-order valence-corrected chi connectivity index (χ0v) is 12.0. The predicted molar refractivity (Wildman–Crippen MR) is 66.8 cm³/mol. The van der Waals surface area contributed by atoms with Gasteiger partial charge in [-0.25, -0.2) is 9.69 Å². The molecule has 0 spiro atoms. The van der Waals surface area contributed by atoms with E-state index in [0.717, 1.165) is 6.42 Å². The Hall–Kier alpha value is -0.820. The molecule has 7 heteroatoms. The highest BCUT2D eigenvalue weighted by Crippen LogP contribution is 2.37. The van der Waals surface area contributed by atoms with E-state index >= 15 is 0 Å². The Labute approximate surface area is 117 Å². The maximum absolute atomic E-state index is 12.4. The Morgan fingerprint density at radius 2 is 2.05 bits per heavy atom. The van der Waals surface area contributed by atoms with E-state index in [9.17, 15) is 18.0 Å². The minimum atomic E-state index is -4.96. The van der Waals surface area contributed by atoms with Gasteiger partial charge in [0.05, 0.1) is 0 Å². The first-order valence-corrected chi connectivity index (χ1v) is 6.98. The molecule has 4 nitrogen and oxygen atoms in total. The normalized spacial score (nSPS) is 24.1. The van der Waals surface area contributed by atoms with E-state index in [1.54, 1.807) is 4.90 Å². The monoisotopic (exact) mass is 297 g/mol. The predicted octanol–water partition coefficient (Wildman–Crippen LogP) is 3.07. The highest BCUT2D eigenvalue weighted by atomic mass is 19.4. The summed E-state index contributed by atoms with van der Waals surface area (Å²) in [6.07, 6.45) is -1.91. The maximum Gasteiger partial charge on any atom is 0.490 e. The van der Waals surface area contributed by atoms with Crippen LogP contribution in [0.25, 0.3) is 0 Å². The second-order valence-electron chi connectivity index (χ2n) is 4.93. The molecule has 0 aromatic rings. The average Bonchev–Trinajstić information content (AvgIpc) is 2.76. The van der Waals surface area contributed by atoms with Gasteiger partial charge in [-0.2, -0.15) is 13.2 Å². The number of hydrogen-bond acceptors (Lipinski definition) is 4. The Bertz CT molecular complexity index is 322. The lowest BCUT2D eigenvalue weighted by Gasteiger charge is -2.37. The summed E-state index contributed by atoms with van der Waals surface area (Å²) >= 11 is 0. The number of rotatable bonds is 7. The van der Waals surface area contributed by atoms with Gasteiger partial charge < -0.3 is 9.47 Å². The summed E-state index contributed by atoms with van der Waals surface area (Å²) in [5.41, 5.74) is -1.17. The molecule has 1 fully saturated rings. The smallest absolute Gasteiger partial charge is 0.437 e. The second-order valence-corrected chi connectivity index (χ2v) is 4.93. The minimum absolute atomic E-state index is 0.186. The molecule has 1 rings (SSSR count). The molecule has 1 aliphatic rings. The van der Waals surface area contributed by atoms with Gasteiger partial charge in [-0.1, -0.05) is 13.3 Å². The van der Waals surface area contributed by atoms with Crippen LogP contribution in [0, 0.1) is 0 Å². The fourth-order valence-corrected chi connectivity index (χ4v) is 2.42. The fourth-order valence-electron chi connectivity index (χ4n) is 2.42. The third-order valence-electron chi connectivity index (χ3n) is 3.46. The van der Waals surface area contributed by atoms with E-state index in [-0.39, 0.29) is 6.73 Å². The van der Waals surface area contributed by atoms with Gasteiger partial charge in [-0.3, -0.25) is 0 Å². The Balaban J connectivity index is 2.82. The number of ether oxygens (including phenoxy) is 2. The highest BCUT2D eigenvalue weighted by Gasteiger charge is 2.50. The first kappa shape index (κ1) is 17.2. The highest BCUT2D eigenvalue weighted by molar-refractivity contribution is 5.76. The summed E-state index contributed by atoms with van der Waals surface area (Å²) in [6, 6.07) is 0. The number of likely N-dealkylation sites (tertiary alicyclic amines) is 1. The fraction of sp³-hybridized carbons (Fsp3) is 0.923. The van der Waals surface area contributed by atoms with Crippen molar-refractivity contribution in [3.8, 4) is 0 Å². The quantitative estimate of drug-likeness (QED) is 0.677. The van der Waals surface area contributed by atoms with Crippen molar-refractivity contribution in [2.75, 3.05) is 19.9 Å². The van der Waals surface area contributed by atoms with Crippen LogP contribution in [0.15, 0.2) is 0 Å². The van der Waals surface area contributed by atoms with Crippen molar-refractivity contribution < 1.29 is 27.4 Å². The molecular formula is C13H22F3NO3. The van der Waals surface area contributed by atoms with Gasteiger partial charge in [0.2, 0.25) is 0 Å². The third-order valence-corrected chi connectivity index (χ3v) is 3.46. The van der Waals surface area contributed by atoms with Crippen LogP contribution in [0.4, 0.5) is 13.2 Å². The van der Waals surface area contributed by atoms with Crippen LogP contribution in [0.3, 0.4) is 0 Å². The van der Waals surface area contributed by atoms with Crippen molar-refractivity contribution in [3.05, 3.63) is 0 Å². The molecule has 0 aromatic heterocycles. The SMILES string of the molecule is CCCCC1(OC(=O)C(F)(F)F)CCCN1COCC. The van der Waals surface area contributed by atoms with Crippen LogP contribution in [0.5, 0.6) is 0 Å². The summed E-state index contributed by atoms with van der Waals surface area (Å²) in [5.74, 6) is -2.11. The van der Waals surface area contributed by atoms with Gasteiger partial charge in [0.25, 0.3) is 0 Å². The molecule has 1 unspecified atom stereocenters. The van der Waals surface area contributed by atoms with E-state index in [1.807, 2.05) is 13.8 Å². The Morgan fingerprint density at radius 1 is 1.35 bits per heavy atom. The van der Waals surface area contributed by atoms with Crippen molar-refractivity contribution in [2.24, 2.45) is 0 Å². The number of halogens is 3. The van der Waals surface area contributed by atoms with E-state index in [0.29, 0.717) is 38.8 Å². The lowest BCUT2D eigenvalue weighted by Crippen LogP contribution is -2.50. The van der Waals surface area contributed by atoms with Crippen LogP contribution in [0.2, 0.25) is 0 Å². The van der Waals surface area contributed by atoms with Crippen molar-refractivity contribution >= 4 is 5.97 Å². The Morgan fingerprint density at radius 3 is 2.60 bits per heavy atom. The van der Waals surface area contributed by atoms with Gasteiger partial charge in [0.15, 0.2) is 5.72 Å². The number of alkyl halides is 3. The molecule has 118 valence electrons. The van der Waals surface area contributed by atoms with E-state index in [4.69, 9.17) is 9.47 Å². The molecule has 20 heavy (non-hydrogen) atoms. The van der Waals surface area contributed by atoms with E-state index < -0.39 is 17.9 Å². The van der Waals surface area contributed by atoms with Crippen LogP contribution >= 0.6 is 0 Å². The Kier molecular flexibility index (Phi) is 6.26. The van der Waals surface area contributed by atoms with Crippen molar-refractivity contribution in [2.45, 2.75) is 57.9 Å². The van der Waals surface area contributed by atoms with E-state index in [2.05, 4.69) is 0 Å². The van der Waals surface area contributed by atoms with Gasteiger partial charge in [-0.05, 0) is 19.8 Å². The summed E-state index contributed by atoms with van der Waals surface area (Å²) < 4.78 is 47.5. The maximum atomic E-state index is 12.4. The van der Waals surface area contributed by atoms with Crippen LogP contribution < -0.4 is 0 Å². The molecule has 1 heterocycles. The molecule has 0 amide bonds. The minimum Gasteiger partial charge on any atom is -0.437 e. The zero-order valence-electron chi connectivity index (χ0n) is 12.0. The third kappa shape index (κ3) is 4.34. The zero-order chi connectivity index (χ0) is 15.2. The standard InChI is InChI=1S/C13H22F3NO3/c1-3-5-7-12(20-11(18)13(14,15)16)8-6-9-17(12)10-19-4-2/h3-10H2,1-2H3. The summed E-state index contributed by atoms with van der Waals surface area (Å²) in [6.45, 7) is 4.99. The number of hydrogen-bond donors (Lipinski definition) is 0. The van der Waals surface area contributed by atoms with Crippen LogP contribution in [-0.4, -0.2) is 42.7 Å². The number of esters is 1. The second kappa shape index (κ2) is 7.26. The number of nitrogens with zero attached hydrogens (tertiary/aromatic N) is 1. The molecule has 0 bridgehead atoms. The van der Waals surface area contributed by atoms with Crippen LogP contribution in [0.1, 0.15) is 46.0 Å². The van der Waals surface area contributed by atoms with Gasteiger partial charge in [-0.15, -0.1) is 0 Å². The molecule has 1 saturated heterocycles. The number of carbonyl (C=O) groups is 1. The topological polar surface area (TPSA) is 38.8 Å². The van der Waals surface area contributed by atoms with Gasteiger partial charge >= 0.3 is 12.1 Å². The van der Waals surface area contributed by atoms with Crippen molar-refractivity contribution in [1.82, 2.24) is 4.90 Å². The lowest BCUT2D eigenvalue weighted by atomic mass is 10.0. The molecule has 0 aliphatic carbocycles. The summed E-state index contributed by atoms with van der Waals surface area (Å²) in [5, 5.41) is 0. The van der Waals surface area contributed by atoms with Crippen LogP contribution in [-0.2, 0) is 14.3 Å². The summed E-state index contributed by atoms with van der Waals surface area (Å²) in [4.78, 5) is 12.9. The summed E-state index contributed by atoms with van der Waals surface area (Å²) in [7, 11) is 0. The van der Waals surface area contributed by atoms with Gasteiger partial charge in [0, 0.05) is 26.0 Å². The molecule has 0 radical (unpaired) electrons. The molecule has 1 atom stereocenters. The number of unbranched alkanes of at least 4 members (excludes halogenated alkanes) is 1. The first-order chi connectivity index (χ1) is 9.35. The van der Waals surface area contributed by atoms with E-state index in [1.165, 1.54) is 0 Å². The van der Waals surface area contributed by atoms with Crippen molar-refractivity contribution in [3.63, 3.8) is 0 Å². The molecule has 0 aromatic carbocycles. The lowest BCUT2D eigenvalue weighted by molar-refractivity contribution is -0.234. The molecule has 1 aliphatic heterocycles. The molecule has 0 saturated carbocycles. The number of carbonyl (C=O) groups excluding carboxylic acids is 1.